The van der Waals surface area contributed by atoms with Crippen LogP contribution in [0.3, 0.4) is 0 Å². The van der Waals surface area contributed by atoms with Crippen LogP contribution in [0.5, 0.6) is 5.75 Å². The van der Waals surface area contributed by atoms with Crippen molar-refractivity contribution in [3.05, 3.63) is 58.7 Å². The van der Waals surface area contributed by atoms with E-state index in [-0.39, 0.29) is 35.7 Å². The number of carbonyl (C=O) groups is 2. The molecule has 2 aromatic heterocycles. The van der Waals surface area contributed by atoms with E-state index in [9.17, 15) is 18.0 Å². The largest absolute Gasteiger partial charge is 0.494 e. The van der Waals surface area contributed by atoms with Gasteiger partial charge in [0.15, 0.2) is 0 Å². The molecular weight excluding hydrogens is 573 g/mol. The summed E-state index contributed by atoms with van der Waals surface area (Å²) in [5.74, 6) is 0.594. The van der Waals surface area contributed by atoms with Crippen molar-refractivity contribution in [1.29, 1.82) is 0 Å². The molecule has 40 heavy (non-hydrogen) atoms. The lowest BCUT2D eigenvalue weighted by Crippen LogP contribution is -2.47. The van der Waals surface area contributed by atoms with Crippen molar-refractivity contribution in [2.75, 3.05) is 31.7 Å². The Morgan fingerprint density at radius 3 is 2.83 bits per heavy atom. The number of ether oxygens (including phenoxy) is 1. The zero-order valence-corrected chi connectivity index (χ0v) is 25.0. The van der Waals surface area contributed by atoms with E-state index in [0.29, 0.717) is 55.2 Å². The van der Waals surface area contributed by atoms with Crippen LogP contribution in [0.25, 0.3) is 0 Å². The summed E-state index contributed by atoms with van der Waals surface area (Å²) >= 11 is 2.74. The summed E-state index contributed by atoms with van der Waals surface area (Å²) in [5.41, 5.74) is 1.75. The Morgan fingerprint density at radius 1 is 1.20 bits per heavy atom. The minimum absolute atomic E-state index is 0.0588. The molecule has 1 aliphatic heterocycles. The smallest absolute Gasteiger partial charge is 0.252 e. The van der Waals surface area contributed by atoms with Gasteiger partial charge in [0.05, 0.1) is 18.8 Å². The van der Waals surface area contributed by atoms with Crippen molar-refractivity contribution >= 4 is 44.9 Å². The Morgan fingerprint density at radius 2 is 2.05 bits per heavy atom. The summed E-state index contributed by atoms with van der Waals surface area (Å²) in [6.07, 6.45) is 5.15. The number of carbonyl (C=O) groups excluding carboxylic acids is 2. The molecule has 4 rings (SSSR count). The molecule has 3 heterocycles. The highest BCUT2D eigenvalue weighted by atomic mass is 32.2. The van der Waals surface area contributed by atoms with E-state index in [1.165, 1.54) is 4.31 Å². The van der Waals surface area contributed by atoms with Crippen LogP contribution in [0.4, 0.5) is 0 Å². The quantitative estimate of drug-likeness (QED) is 0.453. The van der Waals surface area contributed by atoms with E-state index >= 15 is 0 Å². The number of nitrogens with zero attached hydrogens (tertiary/aromatic N) is 4. The van der Waals surface area contributed by atoms with Crippen LogP contribution in [-0.2, 0) is 27.9 Å². The number of thioether (sulfide) groups is 1. The molecule has 0 saturated heterocycles. The maximum atomic E-state index is 13.4. The fourth-order valence-electron chi connectivity index (χ4n) is 4.21. The zero-order valence-electron chi connectivity index (χ0n) is 22.5. The summed E-state index contributed by atoms with van der Waals surface area (Å²) in [4.78, 5) is 26.3. The van der Waals surface area contributed by atoms with Gasteiger partial charge in [0.1, 0.15) is 16.0 Å². The van der Waals surface area contributed by atoms with Gasteiger partial charge in [-0.25, -0.2) is 8.42 Å². The zero-order chi connectivity index (χ0) is 28.5. The summed E-state index contributed by atoms with van der Waals surface area (Å²) in [7, 11) is -3.76. The van der Waals surface area contributed by atoms with Crippen LogP contribution < -0.4 is 15.4 Å². The second-order valence-corrected chi connectivity index (χ2v) is 13.5. The van der Waals surface area contributed by atoms with E-state index in [0.717, 1.165) is 16.9 Å². The number of aryl methyl sites for hydroxylation is 2. The molecule has 0 unspecified atom stereocenters. The van der Waals surface area contributed by atoms with Gasteiger partial charge in [-0.15, -0.1) is 16.4 Å². The van der Waals surface area contributed by atoms with Crippen LogP contribution in [-0.4, -0.2) is 77.3 Å². The number of aromatic nitrogens is 3. The number of sulfonamides is 1. The lowest BCUT2D eigenvalue weighted by atomic mass is 10.1. The number of amides is 2. The molecule has 0 aliphatic carbocycles. The monoisotopic (exact) mass is 606 g/mol. The third-order valence-electron chi connectivity index (χ3n) is 6.38. The van der Waals surface area contributed by atoms with Gasteiger partial charge in [-0.1, -0.05) is 17.3 Å². The van der Waals surface area contributed by atoms with Crippen LogP contribution in [0, 0.1) is 6.92 Å². The minimum atomic E-state index is -3.76. The molecule has 2 amide bonds. The number of nitrogens with one attached hydrogen (secondary N) is 2. The first-order valence-corrected chi connectivity index (χ1v) is 16.7. The Kier molecular flexibility index (Phi) is 10.6. The molecule has 0 radical (unpaired) electrons. The highest BCUT2D eigenvalue weighted by Gasteiger charge is 2.27. The van der Waals surface area contributed by atoms with Gasteiger partial charge in [0.25, 0.3) is 15.9 Å². The molecule has 11 nitrogen and oxygen atoms in total. The number of fused-ring (bicyclic) bond motifs is 4. The maximum Gasteiger partial charge on any atom is 0.252 e. The normalized spacial score (nSPS) is 18.4. The molecule has 0 saturated carbocycles. The van der Waals surface area contributed by atoms with Gasteiger partial charge in [-0.3, -0.25) is 14.3 Å². The van der Waals surface area contributed by atoms with Crippen LogP contribution in [0.15, 0.2) is 46.1 Å². The summed E-state index contributed by atoms with van der Waals surface area (Å²) < 4.78 is 35.9. The van der Waals surface area contributed by atoms with Crippen LogP contribution >= 0.6 is 23.1 Å². The second kappa shape index (κ2) is 14.1. The van der Waals surface area contributed by atoms with Crippen LogP contribution in [0.1, 0.15) is 40.9 Å². The SMILES string of the molecule is CSCC[C@@H]1NC(=O)c2cc(ccc2C)OCCCn2cc(nn2)CN(S(=O)(=O)c2cccs2)CCCNC1=O. The van der Waals surface area contributed by atoms with Gasteiger partial charge in [0.2, 0.25) is 5.91 Å². The standard InChI is InChI=1S/C26H34N6O5S3/c1-19-7-8-21-16-22(19)25(33)28-23(9-15-38-2)26(34)27-10-4-12-32(40(35,36)24-6-3-14-39-24)18-20-17-31(30-29-20)11-5-13-37-21/h3,6-8,14,16-17,23H,4-5,9-13,15,18H2,1-2H3,(H,27,34)(H,28,33)/t23-/m0/s1. The van der Waals surface area contributed by atoms with Crippen molar-refractivity contribution in [1.82, 2.24) is 29.9 Å². The van der Waals surface area contributed by atoms with Crippen molar-refractivity contribution < 1.29 is 22.7 Å². The molecular formula is C26H34N6O5S3. The topological polar surface area (TPSA) is 136 Å². The molecule has 2 N–H and O–H groups in total. The fraction of sp³-hybridized carbons (Fsp3) is 0.462. The Balaban J connectivity index is 1.56. The molecule has 3 aromatic rings. The lowest BCUT2D eigenvalue weighted by molar-refractivity contribution is -0.123. The number of rotatable bonds is 5. The number of hydrogen-bond acceptors (Lipinski definition) is 9. The van der Waals surface area contributed by atoms with Crippen molar-refractivity contribution in [2.45, 2.75) is 49.5 Å². The van der Waals surface area contributed by atoms with Crippen molar-refractivity contribution in [3.63, 3.8) is 0 Å². The summed E-state index contributed by atoms with van der Waals surface area (Å²) in [5, 5.41) is 15.8. The predicted octanol–water partition coefficient (Wildman–Crippen LogP) is 2.68. The number of thiophene rings is 1. The second-order valence-electron chi connectivity index (χ2n) is 9.37. The first-order chi connectivity index (χ1) is 19.3. The first kappa shape index (κ1) is 30.0. The van der Waals surface area contributed by atoms with Crippen molar-refractivity contribution in [2.24, 2.45) is 0 Å². The average Bonchev–Trinajstić information content (AvgIpc) is 3.64. The molecule has 4 bridgehead atoms. The molecule has 14 heteroatoms. The Labute approximate surface area is 242 Å². The fourth-order valence-corrected chi connectivity index (χ4v) is 7.27. The van der Waals surface area contributed by atoms with Gasteiger partial charge in [0, 0.05) is 37.8 Å². The van der Waals surface area contributed by atoms with Gasteiger partial charge in [-0.05, 0) is 60.9 Å². The first-order valence-electron chi connectivity index (χ1n) is 13.0. The van der Waals surface area contributed by atoms with E-state index in [1.54, 1.807) is 46.2 Å². The van der Waals surface area contributed by atoms with E-state index in [1.807, 2.05) is 25.3 Å². The highest BCUT2D eigenvalue weighted by Crippen LogP contribution is 2.23. The molecule has 1 aliphatic rings. The molecule has 216 valence electrons. The predicted molar refractivity (Wildman–Crippen MR) is 155 cm³/mol. The summed E-state index contributed by atoms with van der Waals surface area (Å²) in [6, 6.07) is 7.88. The maximum absolute atomic E-state index is 13.4. The summed E-state index contributed by atoms with van der Waals surface area (Å²) in [6.45, 7) is 3.24. The van der Waals surface area contributed by atoms with Crippen molar-refractivity contribution in [3.8, 4) is 5.75 Å². The third-order valence-corrected chi connectivity index (χ3v) is 10.2. The van der Waals surface area contributed by atoms with Gasteiger partial charge >= 0.3 is 0 Å². The molecule has 1 atom stereocenters. The molecule has 0 fully saturated rings. The molecule has 1 aromatic carbocycles. The Bertz CT molecular complexity index is 1390. The highest BCUT2D eigenvalue weighted by molar-refractivity contribution is 7.98. The van der Waals surface area contributed by atoms with Gasteiger partial charge in [-0.2, -0.15) is 16.1 Å². The van der Waals surface area contributed by atoms with Gasteiger partial charge < -0.3 is 15.4 Å². The molecule has 0 spiro atoms. The Hall–Kier alpha value is -2.94. The third kappa shape index (κ3) is 7.83. The van der Waals surface area contributed by atoms with Crippen LogP contribution in [0.2, 0.25) is 0 Å². The van der Waals surface area contributed by atoms with E-state index in [2.05, 4.69) is 20.9 Å². The number of hydrogen-bond donors (Lipinski definition) is 2. The minimum Gasteiger partial charge on any atom is -0.494 e. The number of benzene rings is 1. The van der Waals surface area contributed by atoms with E-state index < -0.39 is 16.1 Å². The average molecular weight is 607 g/mol. The van der Waals surface area contributed by atoms with E-state index in [4.69, 9.17) is 4.74 Å². The lowest BCUT2D eigenvalue weighted by Gasteiger charge is -2.22.